The van der Waals surface area contributed by atoms with Crippen LogP contribution in [0.5, 0.6) is 5.75 Å². The minimum Gasteiger partial charge on any atom is -0.496 e. The Morgan fingerprint density at radius 3 is 2.86 bits per heavy atom. The molecular weight excluding hydrogens is 485 g/mol. The average molecular weight is 520 g/mol. The van der Waals surface area contributed by atoms with E-state index in [4.69, 9.17) is 25.8 Å². The van der Waals surface area contributed by atoms with Crippen molar-refractivity contribution < 1.29 is 28.5 Å². The van der Waals surface area contributed by atoms with Crippen molar-refractivity contribution in [1.82, 2.24) is 4.90 Å². The number of benzene rings is 2. The highest BCUT2D eigenvalue weighted by Crippen LogP contribution is 2.30. The number of hydrogen-bond donors (Lipinski definition) is 1. The third-order valence-electron chi connectivity index (χ3n) is 6.37. The highest BCUT2D eigenvalue weighted by molar-refractivity contribution is 6.30. The van der Waals surface area contributed by atoms with Crippen LogP contribution in [0.25, 0.3) is 6.08 Å². The van der Waals surface area contributed by atoms with Gasteiger partial charge in [-0.3, -0.25) is 4.90 Å². The molecule has 0 aliphatic carbocycles. The topological polar surface area (TPSA) is 68.2 Å². The lowest BCUT2D eigenvalue weighted by atomic mass is 10.0. The van der Waals surface area contributed by atoms with Crippen molar-refractivity contribution in [2.45, 2.75) is 51.4 Å². The number of hydrogen-bond acceptors (Lipinski definition) is 6. The molecule has 0 spiro atoms. The van der Waals surface area contributed by atoms with Gasteiger partial charge in [0.05, 0.1) is 37.6 Å². The first kappa shape index (κ1) is 28.1. The molecule has 3 atom stereocenters. The SMILES string of the molecule is CCOC(=O)C=Cc1c(OC)cccc1[C@@H](C)OC[C@H](O)CN1CCC[C@H]1Cc1ccc(Cl)c(F)c1. The lowest BCUT2D eigenvalue weighted by molar-refractivity contribution is -0.137. The summed E-state index contributed by atoms with van der Waals surface area (Å²) in [5, 5.41) is 10.9. The second kappa shape index (κ2) is 13.7. The molecule has 2 aromatic rings. The Labute approximate surface area is 217 Å². The quantitative estimate of drug-likeness (QED) is 0.307. The third-order valence-corrected chi connectivity index (χ3v) is 6.68. The largest absolute Gasteiger partial charge is 0.496 e. The number of methoxy groups -OCH3 is 1. The number of carbonyl (C=O) groups excluding carboxylic acids is 1. The first-order valence-corrected chi connectivity index (χ1v) is 12.7. The number of aliphatic hydroxyl groups is 1. The van der Waals surface area contributed by atoms with E-state index in [-0.39, 0.29) is 23.8 Å². The summed E-state index contributed by atoms with van der Waals surface area (Å²) in [4.78, 5) is 14.0. The van der Waals surface area contributed by atoms with E-state index in [9.17, 15) is 14.3 Å². The van der Waals surface area contributed by atoms with Gasteiger partial charge in [-0.1, -0.05) is 29.8 Å². The van der Waals surface area contributed by atoms with Crippen LogP contribution in [0.1, 0.15) is 49.5 Å². The third kappa shape index (κ3) is 7.77. The minimum absolute atomic E-state index is 0.124. The monoisotopic (exact) mass is 519 g/mol. The van der Waals surface area contributed by atoms with Crippen molar-refractivity contribution in [3.63, 3.8) is 0 Å². The van der Waals surface area contributed by atoms with Gasteiger partial charge in [-0.05, 0) is 75.1 Å². The summed E-state index contributed by atoms with van der Waals surface area (Å²) in [6.45, 7) is 5.46. The molecule has 0 radical (unpaired) electrons. The zero-order valence-electron chi connectivity index (χ0n) is 21.1. The molecule has 196 valence electrons. The first-order chi connectivity index (χ1) is 17.3. The van der Waals surface area contributed by atoms with Gasteiger partial charge in [0, 0.05) is 24.2 Å². The molecule has 6 nitrogen and oxygen atoms in total. The van der Waals surface area contributed by atoms with E-state index in [0.29, 0.717) is 25.3 Å². The summed E-state index contributed by atoms with van der Waals surface area (Å²) < 4.78 is 30.3. The Balaban J connectivity index is 1.59. The summed E-state index contributed by atoms with van der Waals surface area (Å²) in [6, 6.07) is 10.7. The number of halogens is 2. The molecule has 3 rings (SSSR count). The van der Waals surface area contributed by atoms with E-state index in [2.05, 4.69) is 4.90 Å². The molecule has 2 aromatic carbocycles. The summed E-state index contributed by atoms with van der Waals surface area (Å²) in [6.07, 6.45) is 4.74. The molecule has 1 aliphatic heterocycles. The average Bonchev–Trinajstić information content (AvgIpc) is 3.29. The van der Waals surface area contributed by atoms with Crippen LogP contribution in [0.2, 0.25) is 5.02 Å². The van der Waals surface area contributed by atoms with Crippen molar-refractivity contribution in [3.05, 3.63) is 70.0 Å². The molecule has 0 aromatic heterocycles. The van der Waals surface area contributed by atoms with Gasteiger partial charge in [-0.25, -0.2) is 9.18 Å². The number of esters is 1. The van der Waals surface area contributed by atoms with E-state index >= 15 is 0 Å². The fourth-order valence-electron chi connectivity index (χ4n) is 4.59. The van der Waals surface area contributed by atoms with Gasteiger partial charge < -0.3 is 19.3 Å². The number of rotatable bonds is 12. The van der Waals surface area contributed by atoms with Gasteiger partial charge in [0.15, 0.2) is 0 Å². The van der Waals surface area contributed by atoms with Gasteiger partial charge in [-0.2, -0.15) is 0 Å². The highest BCUT2D eigenvalue weighted by Gasteiger charge is 2.27. The number of likely N-dealkylation sites (tertiary alicyclic amines) is 1. The lowest BCUT2D eigenvalue weighted by Crippen LogP contribution is -2.39. The van der Waals surface area contributed by atoms with Crippen LogP contribution >= 0.6 is 11.6 Å². The number of nitrogens with zero attached hydrogens (tertiary/aromatic N) is 1. The Bertz CT molecular complexity index is 1050. The second-order valence-corrected chi connectivity index (χ2v) is 9.33. The number of carbonyl (C=O) groups is 1. The highest BCUT2D eigenvalue weighted by atomic mass is 35.5. The molecule has 1 fully saturated rings. The van der Waals surface area contributed by atoms with Crippen LogP contribution in [0.4, 0.5) is 4.39 Å². The van der Waals surface area contributed by atoms with Crippen molar-refractivity contribution in [2.75, 3.05) is 33.4 Å². The number of ether oxygens (including phenoxy) is 3. The van der Waals surface area contributed by atoms with Crippen LogP contribution in [0.3, 0.4) is 0 Å². The van der Waals surface area contributed by atoms with Crippen LogP contribution in [-0.2, 0) is 20.7 Å². The van der Waals surface area contributed by atoms with Gasteiger partial charge in [0.25, 0.3) is 0 Å². The maximum Gasteiger partial charge on any atom is 0.330 e. The zero-order valence-corrected chi connectivity index (χ0v) is 21.8. The molecule has 0 saturated carbocycles. The summed E-state index contributed by atoms with van der Waals surface area (Å²) >= 11 is 5.81. The molecule has 1 aliphatic rings. The minimum atomic E-state index is -0.681. The fraction of sp³-hybridized carbons (Fsp3) is 0.464. The van der Waals surface area contributed by atoms with Crippen molar-refractivity contribution in [1.29, 1.82) is 0 Å². The molecule has 1 heterocycles. The van der Waals surface area contributed by atoms with E-state index in [0.717, 1.165) is 36.1 Å². The predicted octanol–water partition coefficient (Wildman–Crippen LogP) is 5.21. The standard InChI is InChI=1S/C28H35ClFNO5/c1-4-35-28(33)13-11-24-23(8-5-9-27(24)34-3)19(2)36-18-22(32)17-31-14-6-7-21(31)15-20-10-12-25(29)26(30)16-20/h5,8-13,16,19,21-22,32H,4,6-7,14-15,17-18H2,1-3H3/t19-,21+,22-/m1/s1. The van der Waals surface area contributed by atoms with Crippen LogP contribution in [-0.4, -0.2) is 61.5 Å². The maximum atomic E-state index is 13.8. The summed E-state index contributed by atoms with van der Waals surface area (Å²) in [7, 11) is 1.57. The van der Waals surface area contributed by atoms with Crippen LogP contribution in [0, 0.1) is 5.82 Å². The summed E-state index contributed by atoms with van der Waals surface area (Å²) in [5.74, 6) is -0.224. The lowest BCUT2D eigenvalue weighted by Gasteiger charge is -2.27. The molecule has 0 unspecified atom stereocenters. The Kier molecular flexibility index (Phi) is 10.7. The van der Waals surface area contributed by atoms with E-state index < -0.39 is 17.9 Å². The normalized spacial score (nSPS) is 17.9. The van der Waals surface area contributed by atoms with Gasteiger partial charge >= 0.3 is 5.97 Å². The molecule has 36 heavy (non-hydrogen) atoms. The molecule has 1 saturated heterocycles. The van der Waals surface area contributed by atoms with Gasteiger partial charge in [0.2, 0.25) is 0 Å². The van der Waals surface area contributed by atoms with Crippen molar-refractivity contribution >= 4 is 23.6 Å². The second-order valence-electron chi connectivity index (χ2n) is 8.92. The zero-order chi connectivity index (χ0) is 26.1. The number of β-amino-alcohol motifs (C(OH)–C–C–N with tert-alkyl or cyclic N) is 1. The van der Waals surface area contributed by atoms with Crippen LogP contribution < -0.4 is 4.74 Å². The first-order valence-electron chi connectivity index (χ1n) is 12.3. The molecule has 1 N–H and O–H groups in total. The Morgan fingerprint density at radius 2 is 2.14 bits per heavy atom. The predicted molar refractivity (Wildman–Crippen MR) is 139 cm³/mol. The molecule has 8 heteroatoms. The van der Waals surface area contributed by atoms with Crippen molar-refractivity contribution in [2.24, 2.45) is 0 Å². The number of aliphatic hydroxyl groups excluding tert-OH is 1. The van der Waals surface area contributed by atoms with E-state index in [1.807, 2.05) is 31.2 Å². The molecule has 0 amide bonds. The van der Waals surface area contributed by atoms with Crippen molar-refractivity contribution in [3.8, 4) is 5.75 Å². The van der Waals surface area contributed by atoms with Gasteiger partial charge in [-0.15, -0.1) is 0 Å². The van der Waals surface area contributed by atoms with E-state index in [1.165, 1.54) is 12.1 Å². The fourth-order valence-corrected chi connectivity index (χ4v) is 4.71. The maximum absolute atomic E-state index is 13.8. The van der Waals surface area contributed by atoms with Crippen LogP contribution in [0.15, 0.2) is 42.5 Å². The molecule has 0 bridgehead atoms. The molecular formula is C28H35ClFNO5. The smallest absolute Gasteiger partial charge is 0.330 e. The Hall–Kier alpha value is -2.45. The Morgan fingerprint density at radius 1 is 1.33 bits per heavy atom. The van der Waals surface area contributed by atoms with Gasteiger partial charge in [0.1, 0.15) is 11.6 Å². The summed E-state index contributed by atoms with van der Waals surface area (Å²) in [5.41, 5.74) is 2.46. The van der Waals surface area contributed by atoms with E-state index in [1.54, 1.807) is 26.2 Å².